The van der Waals surface area contributed by atoms with Crippen molar-refractivity contribution in [2.75, 3.05) is 0 Å². The Bertz CT molecular complexity index is 937. The molecule has 1 aromatic heterocycles. The maximum absolute atomic E-state index is 11.7. The van der Waals surface area contributed by atoms with Crippen LogP contribution in [0.5, 0.6) is 5.75 Å². The molecule has 22 heavy (non-hydrogen) atoms. The van der Waals surface area contributed by atoms with Crippen LogP contribution < -0.4 is 10.4 Å². The first-order chi connectivity index (χ1) is 10.5. The van der Waals surface area contributed by atoms with Crippen molar-refractivity contribution in [1.29, 1.82) is 0 Å². The summed E-state index contributed by atoms with van der Waals surface area (Å²) in [7, 11) is 0. The van der Waals surface area contributed by atoms with Gasteiger partial charge in [-0.1, -0.05) is 18.2 Å². The van der Waals surface area contributed by atoms with Crippen molar-refractivity contribution in [1.82, 2.24) is 0 Å². The van der Waals surface area contributed by atoms with Gasteiger partial charge < -0.3 is 9.15 Å². The van der Waals surface area contributed by atoms with E-state index in [2.05, 4.69) is 0 Å². The van der Waals surface area contributed by atoms with Gasteiger partial charge in [-0.05, 0) is 38.5 Å². The molecule has 1 heterocycles. The first-order valence-electron chi connectivity index (χ1n) is 7.10. The first-order valence-corrected chi connectivity index (χ1v) is 7.10. The molecule has 0 N–H and O–H groups in total. The SMILES string of the molecule is CC(=O)C(C)Oc1cccc2c1ccc1c(C)cc(=O)oc12. The van der Waals surface area contributed by atoms with Crippen molar-refractivity contribution < 1.29 is 13.9 Å². The average molecular weight is 296 g/mol. The van der Waals surface area contributed by atoms with E-state index in [0.717, 1.165) is 21.7 Å². The third-order valence-corrected chi connectivity index (χ3v) is 3.81. The van der Waals surface area contributed by atoms with Crippen LogP contribution in [0, 0.1) is 6.92 Å². The van der Waals surface area contributed by atoms with Crippen LogP contribution in [0.4, 0.5) is 0 Å². The zero-order chi connectivity index (χ0) is 15.9. The number of hydrogen-bond acceptors (Lipinski definition) is 4. The third-order valence-electron chi connectivity index (χ3n) is 3.81. The van der Waals surface area contributed by atoms with Crippen molar-refractivity contribution in [3.8, 4) is 5.75 Å². The van der Waals surface area contributed by atoms with Crippen LogP contribution in [0.1, 0.15) is 19.4 Å². The van der Waals surface area contributed by atoms with E-state index in [4.69, 9.17) is 9.15 Å². The third kappa shape index (κ3) is 2.37. The van der Waals surface area contributed by atoms with Crippen LogP contribution in [-0.2, 0) is 4.79 Å². The van der Waals surface area contributed by atoms with Gasteiger partial charge in [-0.15, -0.1) is 0 Å². The fourth-order valence-electron chi connectivity index (χ4n) is 2.48. The Labute approximate surface area is 127 Å². The minimum atomic E-state index is -0.522. The maximum Gasteiger partial charge on any atom is 0.336 e. The molecule has 0 aliphatic rings. The van der Waals surface area contributed by atoms with Gasteiger partial charge >= 0.3 is 5.63 Å². The van der Waals surface area contributed by atoms with Crippen LogP contribution in [0.3, 0.4) is 0 Å². The standard InChI is InChI=1S/C18H16O4/c1-10-9-17(20)22-18-13(10)7-8-14-15(18)5-4-6-16(14)21-12(3)11(2)19/h4-9,12H,1-3H3. The van der Waals surface area contributed by atoms with Crippen molar-refractivity contribution in [3.05, 3.63) is 52.4 Å². The highest BCUT2D eigenvalue weighted by Gasteiger charge is 2.13. The van der Waals surface area contributed by atoms with Crippen LogP contribution in [0.2, 0.25) is 0 Å². The molecule has 3 aromatic rings. The summed E-state index contributed by atoms with van der Waals surface area (Å²) in [5.41, 5.74) is 1.04. The topological polar surface area (TPSA) is 56.5 Å². The second-order valence-electron chi connectivity index (χ2n) is 5.41. The number of carbonyl (C=O) groups is 1. The van der Waals surface area contributed by atoms with Crippen LogP contribution >= 0.6 is 0 Å². The van der Waals surface area contributed by atoms with Gasteiger partial charge in [0.1, 0.15) is 11.3 Å². The van der Waals surface area contributed by atoms with Gasteiger partial charge in [0.05, 0.1) is 0 Å². The molecule has 1 unspecified atom stereocenters. The highest BCUT2D eigenvalue weighted by Crippen LogP contribution is 2.32. The summed E-state index contributed by atoms with van der Waals surface area (Å²) in [5, 5.41) is 2.51. The molecule has 2 aromatic carbocycles. The summed E-state index contributed by atoms with van der Waals surface area (Å²) in [6.07, 6.45) is -0.522. The van der Waals surface area contributed by atoms with Crippen LogP contribution in [-0.4, -0.2) is 11.9 Å². The lowest BCUT2D eigenvalue weighted by Gasteiger charge is -2.14. The lowest BCUT2D eigenvalue weighted by molar-refractivity contribution is -0.122. The average Bonchev–Trinajstić information content (AvgIpc) is 2.47. The number of carbonyl (C=O) groups excluding carboxylic acids is 1. The number of aryl methyl sites for hydroxylation is 1. The van der Waals surface area contributed by atoms with Gasteiger partial charge in [-0.2, -0.15) is 0 Å². The number of rotatable bonds is 3. The molecule has 0 amide bonds. The fourth-order valence-corrected chi connectivity index (χ4v) is 2.48. The quantitative estimate of drug-likeness (QED) is 0.547. The van der Waals surface area contributed by atoms with Crippen LogP contribution in [0.15, 0.2) is 45.6 Å². The van der Waals surface area contributed by atoms with Gasteiger partial charge in [0.15, 0.2) is 11.9 Å². The molecule has 1 atom stereocenters. The van der Waals surface area contributed by atoms with Crippen molar-refractivity contribution in [3.63, 3.8) is 0 Å². The highest BCUT2D eigenvalue weighted by atomic mass is 16.5. The van der Waals surface area contributed by atoms with E-state index in [1.54, 1.807) is 6.92 Å². The predicted molar refractivity (Wildman–Crippen MR) is 85.5 cm³/mol. The summed E-state index contributed by atoms with van der Waals surface area (Å²) < 4.78 is 11.1. The summed E-state index contributed by atoms with van der Waals surface area (Å²) in [5.74, 6) is 0.562. The second kappa shape index (κ2) is 5.30. The molecule has 112 valence electrons. The van der Waals surface area contributed by atoms with E-state index in [1.165, 1.54) is 13.0 Å². The first kappa shape index (κ1) is 14.3. The monoisotopic (exact) mass is 296 g/mol. The molecule has 0 aliphatic heterocycles. The number of fused-ring (bicyclic) bond motifs is 3. The molecule has 0 saturated heterocycles. The largest absolute Gasteiger partial charge is 0.482 e. The number of hydrogen-bond donors (Lipinski definition) is 0. The van der Waals surface area contributed by atoms with E-state index < -0.39 is 6.10 Å². The molecule has 4 heteroatoms. The molecule has 0 saturated carbocycles. The number of Topliss-reactive ketones (excluding diaryl/α,β-unsaturated/α-hetero) is 1. The number of ether oxygens (including phenoxy) is 1. The van der Waals surface area contributed by atoms with Crippen molar-refractivity contribution in [2.45, 2.75) is 26.9 Å². The summed E-state index contributed by atoms with van der Waals surface area (Å²) in [6.45, 7) is 5.09. The molecule has 0 fully saturated rings. The van der Waals surface area contributed by atoms with Crippen molar-refractivity contribution >= 4 is 27.5 Å². The van der Waals surface area contributed by atoms with E-state index in [1.807, 2.05) is 37.3 Å². The van der Waals surface area contributed by atoms with Crippen molar-refractivity contribution in [2.24, 2.45) is 0 Å². The summed E-state index contributed by atoms with van der Waals surface area (Å²) in [4.78, 5) is 23.1. The van der Waals surface area contributed by atoms with Gasteiger partial charge in [0.25, 0.3) is 0 Å². The molecule has 0 radical (unpaired) electrons. The molecule has 4 nitrogen and oxygen atoms in total. The van der Waals surface area contributed by atoms with Gasteiger partial charge in [0, 0.05) is 22.2 Å². The van der Waals surface area contributed by atoms with E-state index in [0.29, 0.717) is 11.3 Å². The highest BCUT2D eigenvalue weighted by molar-refractivity contribution is 6.07. The Balaban J connectivity index is 2.28. The molecular weight excluding hydrogens is 280 g/mol. The van der Waals surface area contributed by atoms with Crippen LogP contribution in [0.25, 0.3) is 21.7 Å². The normalized spacial score (nSPS) is 12.5. The fraction of sp³-hybridized carbons (Fsp3) is 0.222. The van der Waals surface area contributed by atoms with Gasteiger partial charge in [0.2, 0.25) is 0 Å². The molecule has 3 rings (SSSR count). The van der Waals surface area contributed by atoms with E-state index >= 15 is 0 Å². The van der Waals surface area contributed by atoms with E-state index in [9.17, 15) is 9.59 Å². The molecular formula is C18H16O4. The predicted octanol–water partition coefficient (Wildman–Crippen LogP) is 3.61. The second-order valence-corrected chi connectivity index (χ2v) is 5.41. The smallest absolute Gasteiger partial charge is 0.336 e. The Kier molecular flexibility index (Phi) is 3.45. The maximum atomic E-state index is 11.7. The lowest BCUT2D eigenvalue weighted by atomic mass is 10.0. The number of benzene rings is 2. The Morgan fingerprint density at radius 1 is 1.14 bits per heavy atom. The Morgan fingerprint density at radius 3 is 2.59 bits per heavy atom. The summed E-state index contributed by atoms with van der Waals surface area (Å²) >= 11 is 0. The Hall–Kier alpha value is -2.62. The lowest BCUT2D eigenvalue weighted by Crippen LogP contribution is -2.20. The zero-order valence-corrected chi connectivity index (χ0v) is 12.7. The van der Waals surface area contributed by atoms with Gasteiger partial charge in [-0.25, -0.2) is 4.79 Å². The molecule has 0 aliphatic carbocycles. The Morgan fingerprint density at radius 2 is 1.86 bits per heavy atom. The van der Waals surface area contributed by atoms with Gasteiger partial charge in [-0.3, -0.25) is 4.79 Å². The molecule has 0 bridgehead atoms. The number of ketones is 1. The minimum Gasteiger partial charge on any atom is -0.482 e. The summed E-state index contributed by atoms with van der Waals surface area (Å²) in [6, 6.07) is 10.8. The minimum absolute atomic E-state index is 0.0415. The molecule has 0 spiro atoms. The zero-order valence-electron chi connectivity index (χ0n) is 12.7. The van der Waals surface area contributed by atoms with E-state index in [-0.39, 0.29) is 11.4 Å².